The maximum Gasteiger partial charge on any atom is 0.356 e. The molecule has 1 aliphatic carbocycles. The summed E-state index contributed by atoms with van der Waals surface area (Å²) in [6.45, 7) is 2.26. The molecule has 0 unspecified atom stereocenters. The molecule has 0 amide bonds. The van der Waals surface area contributed by atoms with Gasteiger partial charge in [0.25, 0.3) is 5.88 Å². The minimum Gasteiger partial charge on any atom is -0.476 e. The third-order valence-electron chi connectivity index (χ3n) is 2.92. The molecule has 18 heavy (non-hydrogen) atoms. The van der Waals surface area contributed by atoms with Crippen LogP contribution < -0.4 is 4.74 Å². The molecule has 2 heterocycles. The third-order valence-corrected chi connectivity index (χ3v) is 2.92. The Morgan fingerprint density at radius 1 is 1.50 bits per heavy atom. The summed E-state index contributed by atoms with van der Waals surface area (Å²) in [6, 6.07) is 0. The Hall–Kier alpha value is -2.11. The minimum absolute atomic E-state index is 0.0364. The van der Waals surface area contributed by atoms with Crippen LogP contribution in [0.4, 0.5) is 0 Å². The van der Waals surface area contributed by atoms with Crippen molar-refractivity contribution in [3.05, 3.63) is 23.8 Å². The Morgan fingerprint density at radius 2 is 2.28 bits per heavy atom. The third kappa shape index (κ3) is 1.79. The number of hydrogen-bond acceptors (Lipinski definition) is 4. The molecule has 1 N–H and O–H groups in total. The predicted octanol–water partition coefficient (Wildman–Crippen LogP) is 1.70. The highest BCUT2D eigenvalue weighted by molar-refractivity contribution is 5.85. The Morgan fingerprint density at radius 3 is 2.89 bits per heavy atom. The Labute approximate surface area is 103 Å². The number of hydrogen-bond donors (Lipinski definition) is 1. The van der Waals surface area contributed by atoms with Crippen molar-refractivity contribution in [1.82, 2.24) is 14.4 Å². The summed E-state index contributed by atoms with van der Waals surface area (Å²) < 4.78 is 7.06. The van der Waals surface area contributed by atoms with Gasteiger partial charge in [0, 0.05) is 18.3 Å². The molecule has 1 fully saturated rings. The van der Waals surface area contributed by atoms with Gasteiger partial charge in [0.05, 0.1) is 12.3 Å². The topological polar surface area (TPSA) is 76.7 Å². The van der Waals surface area contributed by atoms with Gasteiger partial charge in [0.2, 0.25) is 5.65 Å². The summed E-state index contributed by atoms with van der Waals surface area (Å²) in [6.07, 6.45) is 5.63. The van der Waals surface area contributed by atoms with Gasteiger partial charge in [-0.3, -0.25) is 4.40 Å². The largest absolute Gasteiger partial charge is 0.476 e. The van der Waals surface area contributed by atoms with E-state index in [4.69, 9.17) is 9.84 Å². The second-order valence-corrected chi connectivity index (χ2v) is 4.34. The monoisotopic (exact) mass is 247 g/mol. The van der Waals surface area contributed by atoms with Crippen molar-refractivity contribution in [1.29, 1.82) is 0 Å². The first-order valence-corrected chi connectivity index (χ1v) is 5.94. The van der Waals surface area contributed by atoms with Crippen molar-refractivity contribution >= 4 is 11.6 Å². The lowest BCUT2D eigenvalue weighted by atomic mass is 10.3. The molecule has 0 aliphatic heterocycles. The summed E-state index contributed by atoms with van der Waals surface area (Å²) in [5.74, 6) is -0.281. The number of rotatable bonds is 4. The zero-order chi connectivity index (χ0) is 12.7. The van der Waals surface area contributed by atoms with Crippen molar-refractivity contribution < 1.29 is 14.6 Å². The molecule has 1 aliphatic rings. The molecule has 3 rings (SSSR count). The van der Waals surface area contributed by atoms with Gasteiger partial charge < -0.3 is 9.84 Å². The lowest BCUT2D eigenvalue weighted by molar-refractivity contribution is 0.0688. The van der Waals surface area contributed by atoms with Crippen LogP contribution >= 0.6 is 0 Å². The number of imidazole rings is 1. The molecule has 1 saturated carbocycles. The van der Waals surface area contributed by atoms with Gasteiger partial charge in [-0.15, -0.1) is 0 Å². The van der Waals surface area contributed by atoms with Crippen molar-refractivity contribution in [2.75, 3.05) is 6.61 Å². The normalized spacial score (nSPS) is 14.9. The van der Waals surface area contributed by atoms with Crippen LogP contribution in [0.15, 0.2) is 12.4 Å². The van der Waals surface area contributed by atoms with E-state index in [1.165, 1.54) is 6.20 Å². The first kappa shape index (κ1) is 11.0. The molecular formula is C12H13N3O3. The highest BCUT2D eigenvalue weighted by Crippen LogP contribution is 2.39. The van der Waals surface area contributed by atoms with Crippen LogP contribution in [-0.2, 0) is 0 Å². The number of nitrogens with zero attached hydrogens (tertiary/aromatic N) is 3. The second-order valence-electron chi connectivity index (χ2n) is 4.34. The van der Waals surface area contributed by atoms with Crippen LogP contribution in [0.3, 0.4) is 0 Å². The average molecular weight is 247 g/mol. The molecule has 0 spiro atoms. The Bertz CT molecular complexity index is 616. The van der Waals surface area contributed by atoms with Crippen molar-refractivity contribution in [3.63, 3.8) is 0 Å². The van der Waals surface area contributed by atoms with E-state index >= 15 is 0 Å². The molecule has 94 valence electrons. The summed E-state index contributed by atoms with van der Waals surface area (Å²) in [4.78, 5) is 19.5. The van der Waals surface area contributed by atoms with Crippen LogP contribution in [0.25, 0.3) is 5.65 Å². The van der Waals surface area contributed by atoms with E-state index in [0.717, 1.165) is 18.5 Å². The molecule has 0 radical (unpaired) electrons. The standard InChI is InChI=1S/C12H13N3O3/c1-2-18-11-10-13-8(7-3-4-7)5-15(10)6-9(14-11)12(16)17/h5-7H,2-4H2,1H3,(H,16,17). The van der Waals surface area contributed by atoms with E-state index in [0.29, 0.717) is 18.2 Å². The molecule has 0 atom stereocenters. The molecule has 0 bridgehead atoms. The van der Waals surface area contributed by atoms with Gasteiger partial charge in [-0.2, -0.15) is 0 Å². The number of ether oxygens (including phenoxy) is 1. The van der Waals surface area contributed by atoms with E-state index in [9.17, 15) is 4.79 Å². The fraction of sp³-hybridized carbons (Fsp3) is 0.417. The Kier molecular flexibility index (Phi) is 2.43. The number of fused-ring (bicyclic) bond motifs is 1. The molecule has 2 aromatic rings. The van der Waals surface area contributed by atoms with Crippen LogP contribution in [0.5, 0.6) is 5.88 Å². The van der Waals surface area contributed by atoms with Gasteiger partial charge in [0.15, 0.2) is 5.69 Å². The maximum atomic E-state index is 11.0. The highest BCUT2D eigenvalue weighted by Gasteiger charge is 2.27. The smallest absolute Gasteiger partial charge is 0.356 e. The fourth-order valence-corrected chi connectivity index (χ4v) is 1.90. The maximum absolute atomic E-state index is 11.0. The predicted molar refractivity (Wildman–Crippen MR) is 63.1 cm³/mol. The number of carboxylic acid groups (broad SMARTS) is 1. The highest BCUT2D eigenvalue weighted by atomic mass is 16.5. The van der Waals surface area contributed by atoms with E-state index in [-0.39, 0.29) is 11.6 Å². The lowest BCUT2D eigenvalue weighted by Gasteiger charge is -2.04. The molecule has 6 nitrogen and oxygen atoms in total. The van der Waals surface area contributed by atoms with E-state index in [2.05, 4.69) is 9.97 Å². The van der Waals surface area contributed by atoms with Crippen molar-refractivity contribution in [2.45, 2.75) is 25.7 Å². The van der Waals surface area contributed by atoms with E-state index < -0.39 is 5.97 Å². The second kappa shape index (κ2) is 3.97. The summed E-state index contributed by atoms with van der Waals surface area (Å²) >= 11 is 0. The lowest BCUT2D eigenvalue weighted by Crippen LogP contribution is -2.06. The fourth-order valence-electron chi connectivity index (χ4n) is 1.90. The van der Waals surface area contributed by atoms with Crippen LogP contribution in [0.2, 0.25) is 0 Å². The number of carbonyl (C=O) groups is 1. The van der Waals surface area contributed by atoms with Gasteiger partial charge in [-0.1, -0.05) is 0 Å². The van der Waals surface area contributed by atoms with Crippen LogP contribution in [-0.4, -0.2) is 32.1 Å². The summed E-state index contributed by atoms with van der Waals surface area (Å²) in [7, 11) is 0. The number of aromatic nitrogens is 3. The van der Waals surface area contributed by atoms with E-state index in [1.807, 2.05) is 13.1 Å². The van der Waals surface area contributed by atoms with E-state index in [1.54, 1.807) is 4.40 Å². The number of aromatic carboxylic acids is 1. The Balaban J connectivity index is 2.16. The van der Waals surface area contributed by atoms with Crippen LogP contribution in [0.1, 0.15) is 41.9 Å². The zero-order valence-corrected chi connectivity index (χ0v) is 9.96. The molecule has 2 aromatic heterocycles. The van der Waals surface area contributed by atoms with Crippen molar-refractivity contribution in [3.8, 4) is 5.88 Å². The number of carboxylic acids is 1. The van der Waals surface area contributed by atoms with Gasteiger partial charge in [-0.05, 0) is 19.8 Å². The van der Waals surface area contributed by atoms with Gasteiger partial charge in [0.1, 0.15) is 0 Å². The summed E-state index contributed by atoms with van der Waals surface area (Å²) in [5, 5.41) is 9.01. The first-order chi connectivity index (χ1) is 8.69. The molecule has 0 aromatic carbocycles. The quantitative estimate of drug-likeness (QED) is 0.889. The van der Waals surface area contributed by atoms with Gasteiger partial charge in [-0.25, -0.2) is 14.8 Å². The van der Waals surface area contributed by atoms with Crippen LogP contribution in [0, 0.1) is 0 Å². The first-order valence-electron chi connectivity index (χ1n) is 5.94. The average Bonchev–Trinajstić information content (AvgIpc) is 3.09. The van der Waals surface area contributed by atoms with Crippen molar-refractivity contribution in [2.24, 2.45) is 0 Å². The molecule has 6 heteroatoms. The minimum atomic E-state index is -1.07. The summed E-state index contributed by atoms with van der Waals surface area (Å²) in [5.41, 5.74) is 1.54. The molecular weight excluding hydrogens is 234 g/mol. The SMILES string of the molecule is CCOc1nc(C(=O)O)cn2cc(C3CC3)nc12. The zero-order valence-electron chi connectivity index (χ0n) is 9.96. The molecule has 0 saturated heterocycles. The van der Waals surface area contributed by atoms with Gasteiger partial charge >= 0.3 is 5.97 Å².